The van der Waals surface area contributed by atoms with Crippen LogP contribution in [0.5, 0.6) is 5.75 Å². The van der Waals surface area contributed by atoms with Crippen molar-refractivity contribution >= 4 is 40.2 Å². The monoisotopic (exact) mass is 760 g/mol. The van der Waals surface area contributed by atoms with Crippen LogP contribution in [0.15, 0.2) is 53.3 Å². The Kier molecular flexibility index (Phi) is 8.07. The van der Waals surface area contributed by atoms with Crippen LogP contribution < -0.4 is 15.6 Å². The van der Waals surface area contributed by atoms with Crippen LogP contribution in [0.1, 0.15) is 96.7 Å². The van der Waals surface area contributed by atoms with Crippen molar-refractivity contribution in [1.29, 1.82) is 0 Å². The van der Waals surface area contributed by atoms with E-state index in [2.05, 4.69) is 62.8 Å². The van der Waals surface area contributed by atoms with Crippen molar-refractivity contribution in [3.05, 3.63) is 97.5 Å². The third-order valence-electron chi connectivity index (χ3n) is 13.7. The summed E-state index contributed by atoms with van der Waals surface area (Å²) in [6.45, 7) is 11.5. The number of fused-ring (bicyclic) bond motifs is 9. The number of hydrogen-bond donors (Lipinski definition) is 1. The first-order chi connectivity index (χ1) is 26.5. The highest BCUT2D eigenvalue weighted by atomic mass is 35.5. The van der Waals surface area contributed by atoms with E-state index < -0.39 is 17.4 Å². The Morgan fingerprint density at radius 2 is 1.65 bits per heavy atom. The summed E-state index contributed by atoms with van der Waals surface area (Å²) in [5, 5.41) is 3.30. The van der Waals surface area contributed by atoms with Crippen molar-refractivity contribution < 1.29 is 19.1 Å². The summed E-state index contributed by atoms with van der Waals surface area (Å²) >= 11 is 6.51. The summed E-state index contributed by atoms with van der Waals surface area (Å²) in [7, 11) is 0. The van der Waals surface area contributed by atoms with Crippen molar-refractivity contribution in [2.45, 2.75) is 81.7 Å². The highest BCUT2D eigenvalue weighted by molar-refractivity contribution is 6.35. The second-order valence-corrected chi connectivity index (χ2v) is 17.4. The fraction of sp³-hybridized carbons (Fsp3) is 0.465. The molecule has 7 heterocycles. The Morgan fingerprint density at radius 3 is 2.42 bits per heavy atom. The van der Waals surface area contributed by atoms with Crippen LogP contribution in [-0.2, 0) is 27.0 Å². The maximum atomic E-state index is 13.4. The number of nitrogens with one attached hydrogen (secondary N) is 1. The molecule has 12 heteroatoms. The van der Waals surface area contributed by atoms with Gasteiger partial charge in [0.15, 0.2) is 0 Å². The quantitative estimate of drug-likeness (QED) is 0.282. The van der Waals surface area contributed by atoms with Gasteiger partial charge in [0.1, 0.15) is 17.6 Å². The Balaban J connectivity index is 0.764. The fourth-order valence-corrected chi connectivity index (χ4v) is 10.7. The minimum absolute atomic E-state index is 0.0555. The number of benzene rings is 3. The first kappa shape index (κ1) is 34.9. The van der Waals surface area contributed by atoms with Gasteiger partial charge >= 0.3 is 0 Å². The molecule has 4 aromatic rings. The van der Waals surface area contributed by atoms with Gasteiger partial charge in [0, 0.05) is 41.6 Å². The standard InChI is InChI=1S/C43H45ClN6O5/c1-42(2)29-8-6-26(22-34(29)50-32-5-3-4-31(44)36(32)39(53)46-41(42)50)25-12-16-47(17-13-25)20-21-48-18-14-43(15-19-48)24-55-37-28-23-49(33-10-11-35(51)45-38(33)52)40(54)27(28)7-9-30(37)43/h3-9,22,25,33H,10-21,23-24H2,1-2H3,(H,45,51,52). The van der Waals surface area contributed by atoms with Gasteiger partial charge in [-0.3, -0.25) is 29.1 Å². The molecule has 3 fully saturated rings. The molecule has 284 valence electrons. The molecule has 1 aromatic heterocycles. The highest BCUT2D eigenvalue weighted by Gasteiger charge is 2.48. The predicted molar refractivity (Wildman–Crippen MR) is 208 cm³/mol. The second kappa shape index (κ2) is 12.7. The fourth-order valence-electron chi connectivity index (χ4n) is 10.4. The molecule has 11 nitrogen and oxygen atoms in total. The summed E-state index contributed by atoms with van der Waals surface area (Å²) in [6.07, 6.45) is 4.82. The van der Waals surface area contributed by atoms with E-state index >= 15 is 0 Å². The number of rotatable bonds is 5. The van der Waals surface area contributed by atoms with E-state index in [0.717, 1.165) is 93.3 Å². The molecule has 6 aliphatic rings. The molecule has 1 unspecified atom stereocenters. The van der Waals surface area contributed by atoms with Gasteiger partial charge in [-0.1, -0.05) is 35.9 Å². The smallest absolute Gasteiger partial charge is 0.282 e. The number of carbonyl (C=O) groups excluding carboxylic acids is 3. The normalized spacial score (nSPS) is 23.1. The molecule has 55 heavy (non-hydrogen) atoms. The Morgan fingerprint density at radius 1 is 0.909 bits per heavy atom. The lowest BCUT2D eigenvalue weighted by Crippen LogP contribution is -2.52. The molecule has 0 saturated carbocycles. The van der Waals surface area contributed by atoms with Crippen LogP contribution in [-0.4, -0.2) is 93.9 Å². The SMILES string of the molecule is CC1(C)c2ccc(C3CCN(CCN4CCC5(CC4)COc4c5ccc5c4CN(C4CCC(=O)NC4=O)C5=O)CC3)cc2-n2c1nc(=O)c1c(Cl)cccc12. The number of halogens is 1. The first-order valence-electron chi connectivity index (χ1n) is 19.8. The van der Waals surface area contributed by atoms with Gasteiger partial charge in [0.25, 0.3) is 11.5 Å². The van der Waals surface area contributed by atoms with Crippen molar-refractivity contribution in [2.75, 3.05) is 45.9 Å². The number of ether oxygens (including phenoxy) is 1. The van der Waals surface area contributed by atoms with Crippen molar-refractivity contribution in [1.82, 2.24) is 29.6 Å². The molecule has 3 saturated heterocycles. The van der Waals surface area contributed by atoms with Crippen LogP contribution in [0.3, 0.4) is 0 Å². The topological polar surface area (TPSA) is 117 Å². The molecule has 1 N–H and O–H groups in total. The molecule has 10 rings (SSSR count). The van der Waals surface area contributed by atoms with E-state index in [1.165, 1.54) is 16.7 Å². The second-order valence-electron chi connectivity index (χ2n) is 17.0. The minimum Gasteiger partial charge on any atom is -0.492 e. The van der Waals surface area contributed by atoms with Gasteiger partial charge in [0.05, 0.1) is 40.2 Å². The molecule has 0 radical (unpaired) electrons. The Bertz CT molecular complexity index is 2370. The summed E-state index contributed by atoms with van der Waals surface area (Å²) in [4.78, 5) is 62.1. The van der Waals surface area contributed by atoms with Gasteiger partial charge in [0.2, 0.25) is 11.8 Å². The molecule has 6 aliphatic heterocycles. The third-order valence-corrected chi connectivity index (χ3v) is 14.0. The van der Waals surface area contributed by atoms with Gasteiger partial charge in [-0.25, -0.2) is 0 Å². The zero-order chi connectivity index (χ0) is 37.8. The first-order valence-corrected chi connectivity index (χ1v) is 20.2. The zero-order valence-electron chi connectivity index (χ0n) is 31.3. The molecular weight excluding hydrogens is 716 g/mol. The van der Waals surface area contributed by atoms with Gasteiger partial charge in [-0.15, -0.1) is 0 Å². The molecule has 1 atom stereocenters. The van der Waals surface area contributed by atoms with Crippen LogP contribution >= 0.6 is 11.6 Å². The molecule has 3 amide bonds. The number of likely N-dealkylation sites (tertiary alicyclic amines) is 2. The predicted octanol–water partition coefficient (Wildman–Crippen LogP) is 5.05. The maximum Gasteiger partial charge on any atom is 0.282 e. The number of carbonyl (C=O) groups is 3. The maximum absolute atomic E-state index is 13.4. The summed E-state index contributed by atoms with van der Waals surface area (Å²) in [5.74, 6) is 1.24. The van der Waals surface area contributed by atoms with Crippen molar-refractivity contribution in [2.24, 2.45) is 0 Å². The Labute approximate surface area is 324 Å². The largest absolute Gasteiger partial charge is 0.492 e. The average Bonchev–Trinajstić information content (AvgIpc) is 3.78. The van der Waals surface area contributed by atoms with Crippen LogP contribution in [0.2, 0.25) is 5.02 Å². The summed E-state index contributed by atoms with van der Waals surface area (Å²) in [5.41, 5.74) is 6.41. The van der Waals surface area contributed by atoms with E-state index in [4.69, 9.17) is 16.3 Å². The molecule has 0 aliphatic carbocycles. The van der Waals surface area contributed by atoms with E-state index in [1.807, 2.05) is 18.2 Å². The lowest BCUT2D eigenvalue weighted by atomic mass is 9.74. The van der Waals surface area contributed by atoms with E-state index in [0.29, 0.717) is 41.5 Å². The van der Waals surface area contributed by atoms with Crippen molar-refractivity contribution in [3.63, 3.8) is 0 Å². The van der Waals surface area contributed by atoms with Crippen LogP contribution in [0.4, 0.5) is 0 Å². The number of piperidine rings is 3. The van der Waals surface area contributed by atoms with Crippen LogP contribution in [0.25, 0.3) is 16.6 Å². The lowest BCUT2D eigenvalue weighted by Gasteiger charge is -2.40. The third kappa shape index (κ3) is 5.40. The van der Waals surface area contributed by atoms with Crippen LogP contribution in [0, 0.1) is 0 Å². The number of hydrogen-bond acceptors (Lipinski definition) is 8. The summed E-state index contributed by atoms with van der Waals surface area (Å²) < 4.78 is 8.55. The van der Waals surface area contributed by atoms with Crippen molar-refractivity contribution in [3.8, 4) is 11.4 Å². The van der Waals surface area contributed by atoms with E-state index in [9.17, 15) is 19.2 Å². The molecular formula is C43H45ClN6O5. The van der Waals surface area contributed by atoms with E-state index in [1.54, 1.807) is 11.0 Å². The van der Waals surface area contributed by atoms with Gasteiger partial charge < -0.3 is 19.4 Å². The number of aromatic nitrogens is 2. The average molecular weight is 761 g/mol. The lowest BCUT2D eigenvalue weighted by molar-refractivity contribution is -0.136. The highest BCUT2D eigenvalue weighted by Crippen LogP contribution is 2.50. The molecule has 1 spiro atoms. The van der Waals surface area contributed by atoms with E-state index in [-0.39, 0.29) is 29.2 Å². The number of amides is 3. The number of imide groups is 1. The zero-order valence-corrected chi connectivity index (χ0v) is 32.1. The number of nitrogens with zero attached hydrogens (tertiary/aromatic N) is 5. The molecule has 0 bridgehead atoms. The van der Waals surface area contributed by atoms with Gasteiger partial charge in [-0.2, -0.15) is 4.98 Å². The molecule has 3 aromatic carbocycles. The Hall–Kier alpha value is -4.58. The summed E-state index contributed by atoms with van der Waals surface area (Å²) in [6, 6.07) is 15.9. The minimum atomic E-state index is -0.629. The van der Waals surface area contributed by atoms with Gasteiger partial charge in [-0.05, 0) is 113 Å².